The van der Waals surface area contributed by atoms with Gasteiger partial charge in [-0.1, -0.05) is 31.6 Å². The van der Waals surface area contributed by atoms with Gasteiger partial charge in [0.05, 0.1) is 0 Å². The molecule has 0 spiro atoms. The molecule has 0 aromatic carbocycles. The van der Waals surface area contributed by atoms with Crippen LogP contribution in [0.25, 0.3) is 0 Å². The van der Waals surface area contributed by atoms with E-state index in [4.69, 9.17) is 14.2 Å². The average molecular weight is 424 g/mol. The number of rotatable bonds is 9. The smallest absolute Gasteiger partial charge is 0.410 e. The SMILES string of the molecule is C=C.C=C/C(=C\C)COC(=O)[C@@H](C)OC(=O)[C@H](CC1CC1)N(C)C(=O)OC(C)(C)C. The van der Waals surface area contributed by atoms with E-state index in [0.717, 1.165) is 18.4 Å². The standard InChI is InChI=1S/C21H33NO6.C2H4/c1-8-15(9-2)13-26-18(23)14(3)27-19(24)17(12-16-10-11-16)22(7)20(25)28-21(4,5)6;1-2/h8-9,14,16-17H,1,10-13H2,2-7H3;1-2H2/b15-9+;/t14-,17+;/m1./s1. The van der Waals surface area contributed by atoms with Crippen LogP contribution in [0.3, 0.4) is 0 Å². The second kappa shape index (κ2) is 12.9. The topological polar surface area (TPSA) is 82.1 Å². The van der Waals surface area contributed by atoms with Crippen molar-refractivity contribution in [1.29, 1.82) is 0 Å². The minimum absolute atomic E-state index is 0.0596. The highest BCUT2D eigenvalue weighted by Crippen LogP contribution is 2.35. The molecule has 1 amide bonds. The van der Waals surface area contributed by atoms with E-state index in [0.29, 0.717) is 12.3 Å². The van der Waals surface area contributed by atoms with E-state index in [2.05, 4.69) is 19.7 Å². The molecule has 1 fully saturated rings. The predicted molar refractivity (Wildman–Crippen MR) is 117 cm³/mol. The minimum Gasteiger partial charge on any atom is -0.458 e. The minimum atomic E-state index is -1.08. The van der Waals surface area contributed by atoms with Gasteiger partial charge in [0, 0.05) is 7.05 Å². The van der Waals surface area contributed by atoms with Gasteiger partial charge in [-0.25, -0.2) is 14.4 Å². The Hall–Kier alpha value is -2.57. The first kappa shape index (κ1) is 27.4. The zero-order valence-electron chi connectivity index (χ0n) is 19.2. The van der Waals surface area contributed by atoms with E-state index in [-0.39, 0.29) is 6.61 Å². The second-order valence-electron chi connectivity index (χ2n) is 8.04. The quantitative estimate of drug-likeness (QED) is 0.236. The number of amides is 1. The molecule has 0 N–H and O–H groups in total. The molecule has 0 saturated heterocycles. The summed E-state index contributed by atoms with van der Waals surface area (Å²) in [6.07, 6.45) is 4.19. The molecule has 30 heavy (non-hydrogen) atoms. The lowest BCUT2D eigenvalue weighted by molar-refractivity contribution is -0.169. The summed E-state index contributed by atoms with van der Waals surface area (Å²) in [5, 5.41) is 0. The first-order valence-corrected chi connectivity index (χ1v) is 10.1. The Morgan fingerprint density at radius 3 is 2.17 bits per heavy atom. The van der Waals surface area contributed by atoms with E-state index in [1.807, 2.05) is 6.92 Å². The van der Waals surface area contributed by atoms with Crippen molar-refractivity contribution in [3.63, 3.8) is 0 Å². The highest BCUT2D eigenvalue weighted by atomic mass is 16.6. The number of nitrogens with zero attached hydrogens (tertiary/aromatic N) is 1. The molecule has 0 unspecified atom stereocenters. The summed E-state index contributed by atoms with van der Waals surface area (Å²) in [7, 11) is 1.51. The van der Waals surface area contributed by atoms with Crippen molar-refractivity contribution < 1.29 is 28.6 Å². The normalized spacial score (nSPS) is 15.6. The van der Waals surface area contributed by atoms with Gasteiger partial charge in [-0.3, -0.25) is 4.90 Å². The number of ether oxygens (including phenoxy) is 3. The highest BCUT2D eigenvalue weighted by Gasteiger charge is 2.37. The highest BCUT2D eigenvalue weighted by molar-refractivity contribution is 5.84. The van der Waals surface area contributed by atoms with Crippen LogP contribution in [0.1, 0.15) is 53.9 Å². The maximum Gasteiger partial charge on any atom is 0.410 e. The second-order valence-corrected chi connectivity index (χ2v) is 8.04. The van der Waals surface area contributed by atoms with E-state index in [9.17, 15) is 14.4 Å². The van der Waals surface area contributed by atoms with Crippen LogP contribution in [0.5, 0.6) is 0 Å². The van der Waals surface area contributed by atoms with Crippen molar-refractivity contribution in [1.82, 2.24) is 4.90 Å². The fourth-order valence-electron chi connectivity index (χ4n) is 2.38. The van der Waals surface area contributed by atoms with Crippen LogP contribution in [0.4, 0.5) is 4.79 Å². The monoisotopic (exact) mass is 423 g/mol. The van der Waals surface area contributed by atoms with Crippen LogP contribution in [-0.4, -0.2) is 54.3 Å². The summed E-state index contributed by atoms with van der Waals surface area (Å²) in [6, 6.07) is -0.808. The van der Waals surface area contributed by atoms with Crippen LogP contribution in [0, 0.1) is 5.92 Å². The first-order chi connectivity index (χ1) is 14.0. The fourth-order valence-corrected chi connectivity index (χ4v) is 2.38. The van der Waals surface area contributed by atoms with Crippen LogP contribution < -0.4 is 0 Å². The van der Waals surface area contributed by atoms with E-state index >= 15 is 0 Å². The number of carbonyl (C=O) groups excluding carboxylic acids is 3. The average Bonchev–Trinajstić information content (AvgIpc) is 3.50. The van der Waals surface area contributed by atoms with E-state index in [1.165, 1.54) is 18.9 Å². The number of esters is 2. The molecule has 1 aliphatic rings. The zero-order chi connectivity index (χ0) is 23.5. The third-order valence-electron chi connectivity index (χ3n) is 4.31. The molecule has 0 bridgehead atoms. The van der Waals surface area contributed by atoms with Crippen LogP contribution in [0.15, 0.2) is 37.5 Å². The van der Waals surface area contributed by atoms with Gasteiger partial charge in [-0.15, -0.1) is 13.2 Å². The Kier molecular flexibility index (Phi) is 11.8. The molecule has 2 atom stereocenters. The molecule has 0 heterocycles. The molecule has 0 aromatic rings. The summed E-state index contributed by atoms with van der Waals surface area (Å²) in [6.45, 7) is 18.2. The van der Waals surface area contributed by atoms with Gasteiger partial charge in [0.1, 0.15) is 18.2 Å². The predicted octanol–water partition coefficient (Wildman–Crippen LogP) is 4.43. The van der Waals surface area contributed by atoms with Gasteiger partial charge in [0.25, 0.3) is 0 Å². The zero-order valence-corrected chi connectivity index (χ0v) is 19.2. The number of likely N-dealkylation sites (N-methyl/N-ethyl adjacent to an activating group) is 1. The fraction of sp³-hybridized carbons (Fsp3) is 0.609. The number of hydrogen-bond acceptors (Lipinski definition) is 6. The van der Waals surface area contributed by atoms with E-state index in [1.54, 1.807) is 32.9 Å². The summed E-state index contributed by atoms with van der Waals surface area (Å²) in [4.78, 5) is 38.4. The van der Waals surface area contributed by atoms with Crippen molar-refractivity contribution in [2.45, 2.75) is 71.6 Å². The lowest BCUT2D eigenvalue weighted by Gasteiger charge is -2.30. The van der Waals surface area contributed by atoms with Gasteiger partial charge in [0.2, 0.25) is 0 Å². The van der Waals surface area contributed by atoms with Crippen molar-refractivity contribution in [2.24, 2.45) is 5.92 Å². The molecular formula is C23H37NO6. The molecule has 0 aliphatic heterocycles. The summed E-state index contributed by atoms with van der Waals surface area (Å²) in [5.74, 6) is -0.922. The van der Waals surface area contributed by atoms with Gasteiger partial charge in [-0.2, -0.15) is 0 Å². The Bertz CT molecular complexity index is 630. The number of carbonyl (C=O) groups is 3. The number of allylic oxidation sites excluding steroid dienone is 1. The van der Waals surface area contributed by atoms with E-state index < -0.39 is 35.8 Å². The maximum atomic E-state index is 12.7. The molecule has 1 aliphatic carbocycles. The van der Waals surface area contributed by atoms with Crippen LogP contribution in [0.2, 0.25) is 0 Å². The number of hydrogen-bond donors (Lipinski definition) is 0. The molecule has 1 rings (SSSR count). The van der Waals surface area contributed by atoms with Gasteiger partial charge >= 0.3 is 18.0 Å². The van der Waals surface area contributed by atoms with Crippen molar-refractivity contribution in [3.05, 3.63) is 37.5 Å². The van der Waals surface area contributed by atoms with Crippen LogP contribution in [-0.2, 0) is 23.8 Å². The summed E-state index contributed by atoms with van der Waals surface area (Å²) >= 11 is 0. The summed E-state index contributed by atoms with van der Waals surface area (Å²) in [5.41, 5.74) is 0.0784. The van der Waals surface area contributed by atoms with Crippen molar-refractivity contribution in [3.8, 4) is 0 Å². The lowest BCUT2D eigenvalue weighted by atomic mass is 10.1. The van der Waals surface area contributed by atoms with Crippen molar-refractivity contribution >= 4 is 18.0 Å². The molecule has 7 nitrogen and oxygen atoms in total. The van der Waals surface area contributed by atoms with Gasteiger partial charge < -0.3 is 14.2 Å². The largest absolute Gasteiger partial charge is 0.458 e. The maximum absolute atomic E-state index is 12.7. The summed E-state index contributed by atoms with van der Waals surface area (Å²) < 4.78 is 15.8. The molecule has 170 valence electrons. The van der Waals surface area contributed by atoms with Gasteiger partial charge in [0.15, 0.2) is 6.10 Å². The molecule has 7 heteroatoms. The van der Waals surface area contributed by atoms with Crippen LogP contribution >= 0.6 is 0 Å². The van der Waals surface area contributed by atoms with Crippen molar-refractivity contribution in [2.75, 3.05) is 13.7 Å². The Balaban J connectivity index is 0.00000407. The Morgan fingerprint density at radius 1 is 1.17 bits per heavy atom. The molecular weight excluding hydrogens is 386 g/mol. The Labute approximate surface area is 180 Å². The molecule has 0 radical (unpaired) electrons. The first-order valence-electron chi connectivity index (χ1n) is 10.1. The molecule has 0 aromatic heterocycles. The van der Waals surface area contributed by atoms with Gasteiger partial charge in [-0.05, 0) is 52.5 Å². The third kappa shape index (κ3) is 10.3. The Morgan fingerprint density at radius 2 is 1.73 bits per heavy atom. The lowest BCUT2D eigenvalue weighted by Crippen LogP contribution is -2.47. The molecule has 1 saturated carbocycles. The third-order valence-corrected chi connectivity index (χ3v) is 4.31.